The molecule has 2 unspecified atom stereocenters. The van der Waals surface area contributed by atoms with E-state index in [1.54, 1.807) is 10.7 Å². The van der Waals surface area contributed by atoms with Crippen LogP contribution in [0.4, 0.5) is 0 Å². The Morgan fingerprint density at radius 3 is 3.20 bits per heavy atom. The van der Waals surface area contributed by atoms with E-state index in [0.717, 1.165) is 25.2 Å². The second-order valence-corrected chi connectivity index (χ2v) is 5.45. The zero-order chi connectivity index (χ0) is 14.1. The molecule has 1 saturated heterocycles. The van der Waals surface area contributed by atoms with Crippen LogP contribution in [0.1, 0.15) is 29.4 Å². The Balaban J connectivity index is 1.83. The van der Waals surface area contributed by atoms with Crippen molar-refractivity contribution >= 4 is 11.6 Å². The highest BCUT2D eigenvalue weighted by Crippen LogP contribution is 2.13. The Bertz CT molecular complexity index is 636. The number of carbonyl (C=O) groups excluding carboxylic acids is 1. The van der Waals surface area contributed by atoms with Gasteiger partial charge in [0.2, 0.25) is 0 Å². The van der Waals surface area contributed by atoms with Crippen LogP contribution in [0.15, 0.2) is 18.5 Å². The van der Waals surface area contributed by atoms with Crippen molar-refractivity contribution in [2.75, 3.05) is 13.1 Å². The van der Waals surface area contributed by atoms with Crippen LogP contribution in [0.5, 0.6) is 0 Å². The van der Waals surface area contributed by atoms with Crippen molar-refractivity contribution in [3.05, 3.63) is 29.7 Å². The lowest BCUT2D eigenvalue weighted by molar-refractivity contribution is 0.0916. The van der Waals surface area contributed by atoms with Gasteiger partial charge in [-0.25, -0.2) is 9.50 Å². The van der Waals surface area contributed by atoms with E-state index in [-0.39, 0.29) is 11.9 Å². The average Bonchev–Trinajstić information content (AvgIpc) is 2.84. The second-order valence-electron chi connectivity index (χ2n) is 5.45. The van der Waals surface area contributed by atoms with E-state index < -0.39 is 0 Å². The van der Waals surface area contributed by atoms with Gasteiger partial charge in [0, 0.05) is 24.5 Å². The molecule has 3 rings (SSSR count). The summed E-state index contributed by atoms with van der Waals surface area (Å²) in [6.07, 6.45) is 4.48. The highest BCUT2D eigenvalue weighted by Gasteiger charge is 2.24. The fourth-order valence-electron chi connectivity index (χ4n) is 2.55. The number of aryl methyl sites for hydroxylation is 1. The summed E-state index contributed by atoms with van der Waals surface area (Å²) in [5, 5.41) is 10.6. The molecule has 1 fully saturated rings. The number of amides is 1. The molecule has 0 saturated carbocycles. The van der Waals surface area contributed by atoms with Gasteiger partial charge in [0.1, 0.15) is 5.56 Å². The first kappa shape index (κ1) is 13.1. The molecule has 1 aliphatic rings. The number of nitrogens with one attached hydrogen (secondary N) is 2. The first-order valence-electron chi connectivity index (χ1n) is 6.97. The van der Waals surface area contributed by atoms with Crippen LogP contribution in [-0.4, -0.2) is 39.6 Å². The topological polar surface area (TPSA) is 71.3 Å². The highest BCUT2D eigenvalue weighted by molar-refractivity contribution is 5.99. The number of rotatable bonds is 2. The van der Waals surface area contributed by atoms with Gasteiger partial charge in [-0.1, -0.05) is 6.92 Å². The van der Waals surface area contributed by atoms with E-state index in [4.69, 9.17) is 0 Å². The number of carbonyl (C=O) groups is 1. The van der Waals surface area contributed by atoms with Crippen LogP contribution >= 0.6 is 0 Å². The third kappa shape index (κ3) is 2.38. The van der Waals surface area contributed by atoms with E-state index in [1.165, 1.54) is 0 Å². The SMILES string of the molecule is Cc1ccn2ncc(C(=O)NC3CNCCC3C)c2n1. The molecular formula is C14H19N5O. The van der Waals surface area contributed by atoms with Crippen molar-refractivity contribution in [1.29, 1.82) is 0 Å². The molecule has 2 aromatic heterocycles. The summed E-state index contributed by atoms with van der Waals surface area (Å²) in [5.41, 5.74) is 2.02. The largest absolute Gasteiger partial charge is 0.348 e. The van der Waals surface area contributed by atoms with Gasteiger partial charge < -0.3 is 10.6 Å². The number of nitrogens with zero attached hydrogens (tertiary/aromatic N) is 3. The van der Waals surface area contributed by atoms with Crippen LogP contribution in [-0.2, 0) is 0 Å². The lowest BCUT2D eigenvalue weighted by atomic mass is 9.94. The average molecular weight is 273 g/mol. The number of fused-ring (bicyclic) bond motifs is 1. The Hall–Kier alpha value is -1.95. The van der Waals surface area contributed by atoms with Crippen molar-refractivity contribution in [2.45, 2.75) is 26.3 Å². The smallest absolute Gasteiger partial charge is 0.257 e. The van der Waals surface area contributed by atoms with Crippen molar-refractivity contribution < 1.29 is 4.79 Å². The van der Waals surface area contributed by atoms with Gasteiger partial charge in [-0.3, -0.25) is 4.79 Å². The van der Waals surface area contributed by atoms with Gasteiger partial charge in [-0.05, 0) is 31.9 Å². The van der Waals surface area contributed by atoms with E-state index in [2.05, 4.69) is 27.6 Å². The van der Waals surface area contributed by atoms with Gasteiger partial charge in [-0.15, -0.1) is 0 Å². The van der Waals surface area contributed by atoms with Gasteiger partial charge >= 0.3 is 0 Å². The number of aromatic nitrogens is 3. The molecule has 6 nitrogen and oxygen atoms in total. The fraction of sp³-hybridized carbons (Fsp3) is 0.500. The molecule has 0 bridgehead atoms. The molecule has 0 aliphatic carbocycles. The summed E-state index contributed by atoms with van der Waals surface area (Å²) in [5.74, 6) is 0.385. The van der Waals surface area contributed by atoms with Gasteiger partial charge in [0.05, 0.1) is 6.20 Å². The maximum Gasteiger partial charge on any atom is 0.257 e. The molecule has 2 aromatic rings. The summed E-state index contributed by atoms with van der Waals surface area (Å²) in [6.45, 7) is 5.91. The molecule has 6 heteroatoms. The number of hydrogen-bond acceptors (Lipinski definition) is 4. The van der Waals surface area contributed by atoms with Crippen LogP contribution in [0.25, 0.3) is 5.65 Å². The summed E-state index contributed by atoms with van der Waals surface area (Å²) in [4.78, 5) is 16.8. The van der Waals surface area contributed by atoms with Crippen LogP contribution in [0, 0.1) is 12.8 Å². The minimum atomic E-state index is -0.0985. The molecule has 20 heavy (non-hydrogen) atoms. The molecule has 3 heterocycles. The third-order valence-electron chi connectivity index (χ3n) is 3.90. The van der Waals surface area contributed by atoms with Crippen molar-refractivity contribution in [3.8, 4) is 0 Å². The Kier molecular flexibility index (Phi) is 3.40. The summed E-state index contributed by atoms with van der Waals surface area (Å²) < 4.78 is 1.63. The zero-order valence-corrected chi connectivity index (χ0v) is 11.8. The number of piperidine rings is 1. The van der Waals surface area contributed by atoms with Crippen LogP contribution < -0.4 is 10.6 Å². The predicted octanol–water partition coefficient (Wildman–Crippen LogP) is 0.766. The highest BCUT2D eigenvalue weighted by atomic mass is 16.1. The minimum Gasteiger partial charge on any atom is -0.348 e. The van der Waals surface area contributed by atoms with Crippen LogP contribution in [0.3, 0.4) is 0 Å². The lowest BCUT2D eigenvalue weighted by Gasteiger charge is -2.30. The second kappa shape index (κ2) is 5.20. The molecular weight excluding hydrogens is 254 g/mol. The molecule has 0 aromatic carbocycles. The van der Waals surface area contributed by atoms with Gasteiger partial charge in [0.15, 0.2) is 5.65 Å². The third-order valence-corrected chi connectivity index (χ3v) is 3.90. The summed E-state index contributed by atoms with van der Waals surface area (Å²) in [7, 11) is 0. The predicted molar refractivity (Wildman–Crippen MR) is 75.6 cm³/mol. The van der Waals surface area contributed by atoms with Crippen LogP contribution in [0.2, 0.25) is 0 Å². The molecule has 106 valence electrons. The standard InChI is InChI=1S/C14H19N5O/c1-9-3-5-15-8-12(9)18-14(20)11-7-16-19-6-4-10(2)17-13(11)19/h4,6-7,9,12,15H,3,5,8H2,1-2H3,(H,18,20). The van der Waals surface area contributed by atoms with Crippen molar-refractivity contribution in [3.63, 3.8) is 0 Å². The maximum atomic E-state index is 12.4. The molecule has 1 aliphatic heterocycles. The molecule has 0 radical (unpaired) electrons. The fourth-order valence-corrected chi connectivity index (χ4v) is 2.55. The van der Waals surface area contributed by atoms with Crippen molar-refractivity contribution in [2.24, 2.45) is 5.92 Å². The first-order chi connectivity index (χ1) is 9.65. The Morgan fingerprint density at radius 1 is 1.55 bits per heavy atom. The maximum absolute atomic E-state index is 12.4. The molecule has 0 spiro atoms. The zero-order valence-electron chi connectivity index (χ0n) is 11.8. The number of hydrogen-bond donors (Lipinski definition) is 2. The van der Waals surface area contributed by atoms with E-state index in [0.29, 0.717) is 17.1 Å². The van der Waals surface area contributed by atoms with E-state index in [9.17, 15) is 4.79 Å². The molecule has 2 N–H and O–H groups in total. The first-order valence-corrected chi connectivity index (χ1v) is 6.97. The van der Waals surface area contributed by atoms with Gasteiger partial charge in [-0.2, -0.15) is 5.10 Å². The Labute approximate surface area is 117 Å². The van der Waals surface area contributed by atoms with Gasteiger partial charge in [0.25, 0.3) is 5.91 Å². The quantitative estimate of drug-likeness (QED) is 0.847. The van der Waals surface area contributed by atoms with E-state index in [1.807, 2.05) is 19.2 Å². The molecule has 1 amide bonds. The molecule has 2 atom stereocenters. The normalized spacial score (nSPS) is 22.9. The van der Waals surface area contributed by atoms with Crippen molar-refractivity contribution in [1.82, 2.24) is 25.2 Å². The monoisotopic (exact) mass is 273 g/mol. The lowest BCUT2D eigenvalue weighted by Crippen LogP contribution is -2.50. The minimum absolute atomic E-state index is 0.0985. The Morgan fingerprint density at radius 2 is 2.40 bits per heavy atom. The summed E-state index contributed by atoms with van der Waals surface area (Å²) >= 11 is 0. The summed E-state index contributed by atoms with van der Waals surface area (Å²) in [6, 6.07) is 2.03. The van der Waals surface area contributed by atoms with E-state index >= 15 is 0 Å².